The van der Waals surface area contributed by atoms with Crippen LogP contribution in [0.15, 0.2) is 36.8 Å². The summed E-state index contributed by atoms with van der Waals surface area (Å²) in [5.41, 5.74) is 7.54. The molecule has 2 aromatic rings. The summed E-state index contributed by atoms with van der Waals surface area (Å²) in [4.78, 5) is 19.9. The van der Waals surface area contributed by atoms with E-state index in [1.54, 1.807) is 24.5 Å². The molecule has 0 fully saturated rings. The molecule has 0 atom stereocenters. The SMILES string of the molecule is Nc1ccncc1C(=O)Nc1ccc(CI)cn1. The molecule has 18 heavy (non-hydrogen) atoms. The molecule has 2 heterocycles. The molecule has 0 radical (unpaired) electrons. The van der Waals surface area contributed by atoms with E-state index in [1.807, 2.05) is 6.07 Å². The molecule has 0 aliphatic rings. The van der Waals surface area contributed by atoms with Crippen LogP contribution in [0, 0.1) is 0 Å². The van der Waals surface area contributed by atoms with Gasteiger partial charge in [-0.15, -0.1) is 0 Å². The molecule has 0 aliphatic carbocycles. The van der Waals surface area contributed by atoms with E-state index in [-0.39, 0.29) is 5.91 Å². The predicted molar refractivity (Wildman–Crippen MR) is 78.6 cm³/mol. The monoisotopic (exact) mass is 354 g/mol. The maximum Gasteiger partial charge on any atom is 0.260 e. The molecule has 5 nitrogen and oxygen atoms in total. The minimum atomic E-state index is -0.310. The number of hydrogen-bond donors (Lipinski definition) is 2. The highest BCUT2D eigenvalue weighted by Crippen LogP contribution is 2.13. The number of carbonyl (C=O) groups is 1. The Balaban J connectivity index is 2.14. The summed E-state index contributed by atoms with van der Waals surface area (Å²) in [6, 6.07) is 5.27. The number of aromatic nitrogens is 2. The summed E-state index contributed by atoms with van der Waals surface area (Å²) in [5, 5.41) is 2.68. The number of nitrogens with zero attached hydrogens (tertiary/aromatic N) is 2. The van der Waals surface area contributed by atoms with Crippen molar-refractivity contribution >= 4 is 40.0 Å². The minimum Gasteiger partial charge on any atom is -0.398 e. The molecule has 2 aromatic heterocycles. The van der Waals surface area contributed by atoms with Crippen molar-refractivity contribution in [3.63, 3.8) is 0 Å². The van der Waals surface area contributed by atoms with Crippen LogP contribution in [0.25, 0.3) is 0 Å². The number of nitrogen functional groups attached to an aromatic ring is 1. The standard InChI is InChI=1S/C12H11IN4O/c13-5-8-1-2-11(16-6-8)17-12(18)9-7-15-4-3-10(9)14/h1-4,6-7H,5H2,(H2,14,15)(H,16,17,18). The Kier molecular flexibility index (Phi) is 4.08. The molecule has 1 amide bonds. The van der Waals surface area contributed by atoms with E-state index < -0.39 is 0 Å². The van der Waals surface area contributed by atoms with Crippen molar-refractivity contribution in [2.45, 2.75) is 4.43 Å². The Morgan fingerprint density at radius 3 is 2.78 bits per heavy atom. The Bertz CT molecular complexity index is 556. The first kappa shape index (κ1) is 12.7. The molecule has 0 spiro atoms. The highest BCUT2D eigenvalue weighted by Gasteiger charge is 2.10. The third-order valence-electron chi connectivity index (χ3n) is 2.32. The van der Waals surface area contributed by atoms with Crippen LogP contribution in [0.3, 0.4) is 0 Å². The Labute approximate surface area is 118 Å². The molecular weight excluding hydrogens is 343 g/mol. The first-order valence-corrected chi connectivity index (χ1v) is 6.75. The summed E-state index contributed by atoms with van der Waals surface area (Å²) in [6.45, 7) is 0. The predicted octanol–water partition coefficient (Wildman–Crippen LogP) is 2.25. The second-order valence-corrected chi connectivity index (χ2v) is 4.37. The van der Waals surface area contributed by atoms with Crippen molar-refractivity contribution < 1.29 is 4.79 Å². The van der Waals surface area contributed by atoms with Gasteiger partial charge in [0.1, 0.15) is 5.82 Å². The van der Waals surface area contributed by atoms with Gasteiger partial charge in [0, 0.05) is 28.7 Å². The van der Waals surface area contributed by atoms with Crippen LogP contribution < -0.4 is 11.1 Å². The highest BCUT2D eigenvalue weighted by molar-refractivity contribution is 14.1. The first-order chi connectivity index (χ1) is 8.70. The van der Waals surface area contributed by atoms with E-state index >= 15 is 0 Å². The van der Waals surface area contributed by atoms with Crippen LogP contribution in [-0.2, 0) is 4.43 Å². The zero-order chi connectivity index (χ0) is 13.0. The van der Waals surface area contributed by atoms with Gasteiger partial charge < -0.3 is 11.1 Å². The number of halogens is 1. The van der Waals surface area contributed by atoms with Crippen molar-refractivity contribution in [3.05, 3.63) is 47.9 Å². The lowest BCUT2D eigenvalue weighted by Gasteiger charge is -2.06. The van der Waals surface area contributed by atoms with Gasteiger partial charge >= 0.3 is 0 Å². The number of nitrogens with one attached hydrogen (secondary N) is 1. The van der Waals surface area contributed by atoms with Crippen molar-refractivity contribution in [2.24, 2.45) is 0 Å². The van der Waals surface area contributed by atoms with Crippen molar-refractivity contribution in [1.82, 2.24) is 9.97 Å². The van der Waals surface area contributed by atoms with Gasteiger partial charge in [-0.25, -0.2) is 4.98 Å². The second kappa shape index (κ2) is 5.76. The minimum absolute atomic E-state index is 0.310. The summed E-state index contributed by atoms with van der Waals surface area (Å²) in [7, 11) is 0. The summed E-state index contributed by atoms with van der Waals surface area (Å²) in [5.74, 6) is 0.187. The maximum atomic E-state index is 11.9. The van der Waals surface area contributed by atoms with Gasteiger partial charge in [-0.05, 0) is 17.7 Å². The molecule has 0 aliphatic heterocycles. The Morgan fingerprint density at radius 1 is 1.33 bits per heavy atom. The van der Waals surface area contributed by atoms with E-state index in [4.69, 9.17) is 5.73 Å². The molecule has 2 rings (SSSR count). The van der Waals surface area contributed by atoms with E-state index in [1.165, 1.54) is 6.20 Å². The number of alkyl halides is 1. The number of anilines is 2. The molecular formula is C12H11IN4O. The van der Waals surface area contributed by atoms with Crippen molar-refractivity contribution in [2.75, 3.05) is 11.1 Å². The lowest BCUT2D eigenvalue weighted by molar-refractivity contribution is 0.102. The van der Waals surface area contributed by atoms with Gasteiger partial charge in [-0.1, -0.05) is 28.7 Å². The third-order valence-corrected chi connectivity index (χ3v) is 3.20. The largest absolute Gasteiger partial charge is 0.398 e. The molecule has 0 bridgehead atoms. The fourth-order valence-corrected chi connectivity index (χ4v) is 1.81. The van der Waals surface area contributed by atoms with Gasteiger partial charge in [0.2, 0.25) is 0 Å². The Morgan fingerprint density at radius 2 is 2.17 bits per heavy atom. The fraction of sp³-hybridized carbons (Fsp3) is 0.0833. The first-order valence-electron chi connectivity index (χ1n) is 5.22. The van der Waals surface area contributed by atoms with Crippen molar-refractivity contribution in [3.8, 4) is 0 Å². The van der Waals surface area contributed by atoms with Crippen molar-refractivity contribution in [1.29, 1.82) is 0 Å². The molecule has 0 saturated carbocycles. The van der Waals surface area contributed by atoms with Gasteiger partial charge in [0.25, 0.3) is 5.91 Å². The van der Waals surface area contributed by atoms with Gasteiger partial charge in [0.15, 0.2) is 0 Å². The number of rotatable bonds is 3. The van der Waals surface area contributed by atoms with Crippen LogP contribution in [0.2, 0.25) is 0 Å². The second-order valence-electron chi connectivity index (χ2n) is 3.60. The van der Waals surface area contributed by atoms with Crippen LogP contribution in [0.5, 0.6) is 0 Å². The lowest BCUT2D eigenvalue weighted by Crippen LogP contribution is -2.15. The number of hydrogen-bond acceptors (Lipinski definition) is 4. The zero-order valence-corrected chi connectivity index (χ0v) is 11.6. The van der Waals surface area contributed by atoms with E-state index in [0.717, 1.165) is 9.99 Å². The Hall–Kier alpha value is -1.70. The molecule has 0 aromatic carbocycles. The number of carbonyl (C=O) groups excluding carboxylic acids is 1. The quantitative estimate of drug-likeness (QED) is 0.655. The molecule has 0 saturated heterocycles. The highest BCUT2D eigenvalue weighted by atomic mass is 127. The van der Waals surface area contributed by atoms with Crippen LogP contribution in [0.4, 0.5) is 11.5 Å². The lowest BCUT2D eigenvalue weighted by atomic mass is 10.2. The molecule has 92 valence electrons. The topological polar surface area (TPSA) is 80.9 Å². The van der Waals surface area contributed by atoms with Crippen LogP contribution >= 0.6 is 22.6 Å². The number of pyridine rings is 2. The summed E-state index contributed by atoms with van der Waals surface area (Å²) in [6.07, 6.45) is 4.71. The number of nitrogens with two attached hydrogens (primary N) is 1. The third kappa shape index (κ3) is 2.95. The smallest absolute Gasteiger partial charge is 0.260 e. The van der Waals surface area contributed by atoms with E-state index in [9.17, 15) is 4.79 Å². The van der Waals surface area contributed by atoms with Crippen LogP contribution in [0.1, 0.15) is 15.9 Å². The number of amides is 1. The fourth-order valence-electron chi connectivity index (χ4n) is 1.36. The van der Waals surface area contributed by atoms with Crippen LogP contribution in [-0.4, -0.2) is 15.9 Å². The summed E-state index contributed by atoms with van der Waals surface area (Å²) >= 11 is 2.25. The maximum absolute atomic E-state index is 11.9. The average Bonchev–Trinajstić information content (AvgIpc) is 2.40. The normalized spacial score (nSPS) is 10.1. The van der Waals surface area contributed by atoms with Gasteiger partial charge in [-0.3, -0.25) is 9.78 Å². The zero-order valence-electron chi connectivity index (χ0n) is 9.43. The van der Waals surface area contributed by atoms with Gasteiger partial charge in [-0.2, -0.15) is 0 Å². The van der Waals surface area contributed by atoms with E-state index in [0.29, 0.717) is 17.1 Å². The molecule has 0 unspecified atom stereocenters. The average molecular weight is 354 g/mol. The van der Waals surface area contributed by atoms with E-state index in [2.05, 4.69) is 37.9 Å². The summed E-state index contributed by atoms with van der Waals surface area (Å²) < 4.78 is 0.883. The molecule has 3 N–H and O–H groups in total. The molecule has 6 heteroatoms. The van der Waals surface area contributed by atoms with Gasteiger partial charge in [0.05, 0.1) is 5.56 Å².